The number of aliphatic hydroxyl groups excluding tert-OH is 2. The second-order valence-electron chi connectivity index (χ2n) is 6.84. The van der Waals surface area contributed by atoms with E-state index in [1.807, 2.05) is 13.8 Å². The first kappa shape index (κ1) is 20.1. The molecule has 0 spiro atoms. The molecule has 0 aromatic heterocycles. The zero-order valence-electron chi connectivity index (χ0n) is 15.4. The molecular weight excluding hydrogens is 336 g/mol. The number of carbonyl (C=O) groups excluding carboxylic acids is 2. The Morgan fingerprint density at radius 3 is 2.62 bits per heavy atom. The molecule has 142 valence electrons. The lowest BCUT2D eigenvalue weighted by molar-refractivity contribution is -0.147. The van der Waals surface area contributed by atoms with Gasteiger partial charge in [0.25, 0.3) is 0 Å². The lowest BCUT2D eigenvalue weighted by Gasteiger charge is -2.28. The van der Waals surface area contributed by atoms with Crippen molar-refractivity contribution < 1.29 is 29.3 Å². The molecule has 6 heteroatoms. The van der Waals surface area contributed by atoms with Crippen LogP contribution in [-0.4, -0.2) is 47.1 Å². The molecule has 1 fully saturated rings. The smallest absolute Gasteiger partial charge is 0.336 e. The minimum absolute atomic E-state index is 0.142. The van der Waals surface area contributed by atoms with E-state index in [1.165, 1.54) is 6.08 Å². The fourth-order valence-electron chi connectivity index (χ4n) is 3.36. The first-order valence-corrected chi connectivity index (χ1v) is 8.66. The van der Waals surface area contributed by atoms with Gasteiger partial charge in [0.05, 0.1) is 24.2 Å². The topological polar surface area (TPSA) is 93.1 Å². The molecule has 2 aliphatic rings. The minimum atomic E-state index is -0.696. The summed E-state index contributed by atoms with van der Waals surface area (Å²) >= 11 is 0. The van der Waals surface area contributed by atoms with E-state index in [-0.39, 0.29) is 11.1 Å². The number of esters is 2. The first-order valence-electron chi connectivity index (χ1n) is 8.66. The molecule has 0 unspecified atom stereocenters. The number of hydrogen-bond acceptors (Lipinski definition) is 6. The van der Waals surface area contributed by atoms with Crippen LogP contribution in [0.4, 0.5) is 0 Å². The van der Waals surface area contributed by atoms with Crippen molar-refractivity contribution in [2.45, 2.75) is 51.9 Å². The van der Waals surface area contributed by atoms with E-state index in [0.717, 1.165) is 11.1 Å². The van der Waals surface area contributed by atoms with Crippen molar-refractivity contribution in [3.63, 3.8) is 0 Å². The fourth-order valence-corrected chi connectivity index (χ4v) is 3.36. The van der Waals surface area contributed by atoms with Crippen LogP contribution in [0.15, 0.2) is 47.1 Å². The number of hydrogen-bond donors (Lipinski definition) is 2. The van der Waals surface area contributed by atoms with Gasteiger partial charge in [-0.1, -0.05) is 29.9 Å². The quantitative estimate of drug-likeness (QED) is 0.453. The third-order valence-corrected chi connectivity index (χ3v) is 4.68. The molecule has 1 heterocycles. The molecule has 2 rings (SSSR count). The Morgan fingerprint density at radius 1 is 1.35 bits per heavy atom. The Balaban J connectivity index is 2.41. The van der Waals surface area contributed by atoms with Gasteiger partial charge in [0, 0.05) is 12.0 Å². The average molecular weight is 362 g/mol. The zero-order valence-corrected chi connectivity index (χ0v) is 15.4. The van der Waals surface area contributed by atoms with E-state index >= 15 is 0 Å². The van der Waals surface area contributed by atoms with Gasteiger partial charge in [-0.2, -0.15) is 0 Å². The third-order valence-electron chi connectivity index (χ3n) is 4.68. The number of allylic oxidation sites excluding steroid dienone is 1. The Labute approximate surface area is 153 Å². The Hall–Kier alpha value is -2.18. The van der Waals surface area contributed by atoms with Crippen LogP contribution in [0.3, 0.4) is 0 Å². The predicted molar refractivity (Wildman–Crippen MR) is 96.0 cm³/mol. The first-order chi connectivity index (χ1) is 12.3. The highest BCUT2D eigenvalue weighted by atomic mass is 16.6. The summed E-state index contributed by atoms with van der Waals surface area (Å²) in [7, 11) is 0. The second kappa shape index (κ2) is 8.47. The largest absolute Gasteiger partial charge is 0.458 e. The molecule has 0 amide bonds. The summed E-state index contributed by atoms with van der Waals surface area (Å²) < 4.78 is 11.0. The van der Waals surface area contributed by atoms with E-state index in [0.29, 0.717) is 12.8 Å². The van der Waals surface area contributed by atoms with Gasteiger partial charge in [-0.25, -0.2) is 9.59 Å². The SMILES string of the molecule is C=C1C(=O)O[C@@H]2/C=C(\C)C[C@H](O)/C=C(\C)C[C@H](OC(=O)/C(=C/C)CO)[C@@H]12. The van der Waals surface area contributed by atoms with Crippen LogP contribution < -0.4 is 0 Å². The summed E-state index contributed by atoms with van der Waals surface area (Å²) in [5.41, 5.74) is 2.11. The summed E-state index contributed by atoms with van der Waals surface area (Å²) in [5.74, 6) is -1.67. The summed E-state index contributed by atoms with van der Waals surface area (Å²) in [6, 6.07) is 0. The van der Waals surface area contributed by atoms with Gasteiger partial charge in [-0.05, 0) is 33.3 Å². The Kier molecular flexibility index (Phi) is 6.56. The highest BCUT2D eigenvalue weighted by Gasteiger charge is 2.44. The molecule has 4 atom stereocenters. The van der Waals surface area contributed by atoms with E-state index in [9.17, 15) is 19.8 Å². The van der Waals surface area contributed by atoms with Crippen LogP contribution in [0.1, 0.15) is 33.6 Å². The average Bonchev–Trinajstić information content (AvgIpc) is 2.81. The maximum absolute atomic E-state index is 12.3. The third kappa shape index (κ3) is 4.51. The van der Waals surface area contributed by atoms with Gasteiger partial charge in [0.2, 0.25) is 0 Å². The van der Waals surface area contributed by atoms with Gasteiger partial charge in [0.1, 0.15) is 12.2 Å². The lowest BCUT2D eigenvalue weighted by Crippen LogP contribution is -2.34. The van der Waals surface area contributed by atoms with Crippen molar-refractivity contribution in [3.8, 4) is 0 Å². The van der Waals surface area contributed by atoms with Crippen molar-refractivity contribution in [1.82, 2.24) is 0 Å². The molecule has 0 saturated carbocycles. The standard InChI is InChI=1S/C20H26O6/c1-5-14(10-21)20(24)26-17-9-12(3)7-15(22)6-11(2)8-16-18(17)13(4)19(23)25-16/h5,7-8,15-18,21-22H,4,6,9-10H2,1-3H3/b11-8+,12-7+,14-5+/t15-,16+,17-,18-/m0/s1. The van der Waals surface area contributed by atoms with Crippen molar-refractivity contribution in [2.75, 3.05) is 6.61 Å². The number of rotatable bonds is 3. The zero-order chi connectivity index (χ0) is 19.4. The highest BCUT2D eigenvalue weighted by molar-refractivity contribution is 5.92. The summed E-state index contributed by atoms with van der Waals surface area (Å²) in [6.45, 7) is 8.72. The summed E-state index contributed by atoms with van der Waals surface area (Å²) in [4.78, 5) is 24.4. The molecule has 6 nitrogen and oxygen atoms in total. The van der Waals surface area contributed by atoms with E-state index < -0.39 is 42.8 Å². The normalized spacial score (nSPS) is 34.1. The van der Waals surface area contributed by atoms with Gasteiger partial charge < -0.3 is 19.7 Å². The van der Waals surface area contributed by atoms with Gasteiger partial charge in [-0.3, -0.25) is 0 Å². The van der Waals surface area contributed by atoms with E-state index in [2.05, 4.69) is 6.58 Å². The molecule has 0 aromatic rings. The molecular formula is C20H26O6. The Bertz CT molecular complexity index is 684. The molecule has 1 aliphatic carbocycles. The molecule has 0 radical (unpaired) electrons. The number of fused-ring (bicyclic) bond motifs is 1. The van der Waals surface area contributed by atoms with Crippen LogP contribution in [0.2, 0.25) is 0 Å². The van der Waals surface area contributed by atoms with Crippen molar-refractivity contribution in [3.05, 3.63) is 47.1 Å². The number of aliphatic hydroxyl groups is 2. The minimum Gasteiger partial charge on any atom is -0.458 e. The fraction of sp³-hybridized carbons (Fsp3) is 0.500. The summed E-state index contributed by atoms with van der Waals surface area (Å²) in [5, 5.41) is 19.4. The van der Waals surface area contributed by atoms with E-state index in [4.69, 9.17) is 9.47 Å². The molecule has 2 N–H and O–H groups in total. The molecule has 0 aromatic carbocycles. The van der Waals surface area contributed by atoms with Crippen molar-refractivity contribution >= 4 is 11.9 Å². The van der Waals surface area contributed by atoms with Gasteiger partial charge in [-0.15, -0.1) is 0 Å². The maximum Gasteiger partial charge on any atom is 0.336 e. The van der Waals surface area contributed by atoms with Gasteiger partial charge >= 0.3 is 11.9 Å². The van der Waals surface area contributed by atoms with Crippen LogP contribution >= 0.6 is 0 Å². The van der Waals surface area contributed by atoms with Crippen LogP contribution in [-0.2, 0) is 19.1 Å². The number of carbonyl (C=O) groups is 2. The highest BCUT2D eigenvalue weighted by Crippen LogP contribution is 2.36. The van der Waals surface area contributed by atoms with Crippen molar-refractivity contribution in [1.29, 1.82) is 0 Å². The van der Waals surface area contributed by atoms with E-state index in [1.54, 1.807) is 19.1 Å². The van der Waals surface area contributed by atoms with Crippen LogP contribution in [0.5, 0.6) is 0 Å². The predicted octanol–water partition coefficient (Wildman–Crippen LogP) is 1.98. The Morgan fingerprint density at radius 2 is 2.00 bits per heavy atom. The molecule has 26 heavy (non-hydrogen) atoms. The monoisotopic (exact) mass is 362 g/mol. The van der Waals surface area contributed by atoms with Crippen LogP contribution in [0, 0.1) is 5.92 Å². The van der Waals surface area contributed by atoms with Crippen LogP contribution in [0.25, 0.3) is 0 Å². The summed E-state index contributed by atoms with van der Waals surface area (Å²) in [6.07, 6.45) is 3.79. The number of ether oxygens (including phenoxy) is 2. The molecule has 1 saturated heterocycles. The lowest BCUT2D eigenvalue weighted by atomic mass is 9.85. The molecule has 0 bridgehead atoms. The molecule has 1 aliphatic heterocycles. The van der Waals surface area contributed by atoms with Crippen molar-refractivity contribution in [2.24, 2.45) is 5.92 Å². The maximum atomic E-state index is 12.3. The second-order valence-corrected chi connectivity index (χ2v) is 6.84. The van der Waals surface area contributed by atoms with Gasteiger partial charge in [0.15, 0.2) is 0 Å².